The first kappa shape index (κ1) is 17.9. The third-order valence-electron chi connectivity index (χ3n) is 4.05. The van der Waals surface area contributed by atoms with Gasteiger partial charge in [-0.15, -0.1) is 0 Å². The molecule has 1 atom stereocenters. The van der Waals surface area contributed by atoms with Crippen molar-refractivity contribution in [3.63, 3.8) is 0 Å². The highest BCUT2D eigenvalue weighted by atomic mass is 16.5. The van der Waals surface area contributed by atoms with Gasteiger partial charge in [-0.05, 0) is 37.1 Å². The van der Waals surface area contributed by atoms with Crippen LogP contribution in [0, 0.1) is 0 Å². The van der Waals surface area contributed by atoms with Gasteiger partial charge in [0.15, 0.2) is 0 Å². The SMILES string of the molecule is O=C(NCCOc1ccccc1)c1ccccc1NC(=O)[C@H]1CCCO1. The fourth-order valence-electron chi connectivity index (χ4n) is 2.73. The molecule has 0 spiro atoms. The van der Waals surface area contributed by atoms with Crippen LogP contribution in [0.15, 0.2) is 54.6 Å². The Morgan fingerprint density at radius 1 is 1.08 bits per heavy atom. The number of rotatable bonds is 7. The van der Waals surface area contributed by atoms with Gasteiger partial charge in [0.1, 0.15) is 18.5 Å². The number of anilines is 1. The normalized spacial score (nSPS) is 16.1. The summed E-state index contributed by atoms with van der Waals surface area (Å²) in [5.74, 6) is 0.283. The Morgan fingerprint density at radius 2 is 1.85 bits per heavy atom. The zero-order valence-corrected chi connectivity index (χ0v) is 14.4. The zero-order valence-electron chi connectivity index (χ0n) is 14.4. The van der Waals surface area contributed by atoms with Crippen LogP contribution >= 0.6 is 0 Å². The molecule has 1 heterocycles. The molecule has 2 N–H and O–H groups in total. The first-order chi connectivity index (χ1) is 12.7. The maximum atomic E-state index is 12.4. The summed E-state index contributed by atoms with van der Waals surface area (Å²) in [5, 5.41) is 5.60. The van der Waals surface area contributed by atoms with Gasteiger partial charge in [-0.2, -0.15) is 0 Å². The summed E-state index contributed by atoms with van der Waals surface area (Å²) in [5.41, 5.74) is 0.896. The highest BCUT2D eigenvalue weighted by Gasteiger charge is 2.24. The fourth-order valence-corrected chi connectivity index (χ4v) is 2.73. The average molecular weight is 354 g/mol. The van der Waals surface area contributed by atoms with Gasteiger partial charge < -0.3 is 20.1 Å². The first-order valence-corrected chi connectivity index (χ1v) is 8.71. The van der Waals surface area contributed by atoms with Crippen LogP contribution < -0.4 is 15.4 Å². The van der Waals surface area contributed by atoms with Crippen LogP contribution in [0.3, 0.4) is 0 Å². The van der Waals surface area contributed by atoms with Gasteiger partial charge in [-0.25, -0.2) is 0 Å². The van der Waals surface area contributed by atoms with Crippen LogP contribution in [0.25, 0.3) is 0 Å². The molecule has 26 heavy (non-hydrogen) atoms. The van der Waals surface area contributed by atoms with Crippen molar-refractivity contribution in [2.45, 2.75) is 18.9 Å². The molecule has 2 aromatic carbocycles. The van der Waals surface area contributed by atoms with Crippen LogP contribution in [-0.2, 0) is 9.53 Å². The molecule has 0 aliphatic carbocycles. The third-order valence-corrected chi connectivity index (χ3v) is 4.05. The molecule has 0 bridgehead atoms. The maximum Gasteiger partial charge on any atom is 0.253 e. The number of nitrogens with one attached hydrogen (secondary N) is 2. The van der Waals surface area contributed by atoms with Crippen LogP contribution in [0.4, 0.5) is 5.69 Å². The zero-order chi connectivity index (χ0) is 18.2. The number of benzene rings is 2. The predicted molar refractivity (Wildman–Crippen MR) is 98.3 cm³/mol. The maximum absolute atomic E-state index is 12.4. The Hall–Kier alpha value is -2.86. The number of para-hydroxylation sites is 2. The van der Waals surface area contributed by atoms with Gasteiger partial charge in [-0.3, -0.25) is 9.59 Å². The third kappa shape index (κ3) is 4.83. The van der Waals surface area contributed by atoms with Gasteiger partial charge in [0.05, 0.1) is 17.8 Å². The van der Waals surface area contributed by atoms with Crippen LogP contribution in [-0.4, -0.2) is 37.7 Å². The van der Waals surface area contributed by atoms with Crippen molar-refractivity contribution in [1.82, 2.24) is 5.32 Å². The summed E-state index contributed by atoms with van der Waals surface area (Å²) < 4.78 is 10.9. The second-order valence-electron chi connectivity index (χ2n) is 5.95. The molecule has 6 nitrogen and oxygen atoms in total. The summed E-state index contributed by atoms with van der Waals surface area (Å²) in [7, 11) is 0. The van der Waals surface area contributed by atoms with Crippen molar-refractivity contribution in [3.05, 3.63) is 60.2 Å². The van der Waals surface area contributed by atoms with E-state index in [1.165, 1.54) is 0 Å². The lowest BCUT2D eigenvalue weighted by molar-refractivity contribution is -0.124. The molecule has 1 aliphatic heterocycles. The van der Waals surface area contributed by atoms with Crippen LogP contribution in [0.2, 0.25) is 0 Å². The van der Waals surface area contributed by atoms with E-state index in [0.717, 1.165) is 12.2 Å². The van der Waals surface area contributed by atoms with Crippen molar-refractivity contribution in [2.24, 2.45) is 0 Å². The summed E-state index contributed by atoms with van der Waals surface area (Å²) in [6.45, 7) is 1.32. The summed E-state index contributed by atoms with van der Waals surface area (Å²) in [4.78, 5) is 24.6. The number of hydrogen-bond acceptors (Lipinski definition) is 4. The second-order valence-corrected chi connectivity index (χ2v) is 5.95. The number of hydrogen-bond donors (Lipinski definition) is 2. The molecular formula is C20H22N2O4. The Kier molecular flexibility index (Phi) is 6.22. The number of carbonyl (C=O) groups excluding carboxylic acids is 2. The second kappa shape index (κ2) is 9.01. The minimum Gasteiger partial charge on any atom is -0.492 e. The van der Waals surface area contributed by atoms with Gasteiger partial charge in [-0.1, -0.05) is 30.3 Å². The topological polar surface area (TPSA) is 76.7 Å². The van der Waals surface area contributed by atoms with Gasteiger partial charge in [0, 0.05) is 6.61 Å². The number of ether oxygens (including phenoxy) is 2. The molecule has 136 valence electrons. The lowest BCUT2D eigenvalue weighted by atomic mass is 10.1. The monoisotopic (exact) mass is 354 g/mol. The van der Waals surface area contributed by atoms with E-state index in [2.05, 4.69) is 10.6 Å². The molecular weight excluding hydrogens is 332 g/mol. The molecule has 0 unspecified atom stereocenters. The highest BCUT2D eigenvalue weighted by Crippen LogP contribution is 2.18. The molecule has 0 radical (unpaired) electrons. The smallest absolute Gasteiger partial charge is 0.253 e. The van der Waals surface area contributed by atoms with E-state index in [0.29, 0.717) is 37.4 Å². The van der Waals surface area contributed by atoms with E-state index in [1.807, 2.05) is 30.3 Å². The van der Waals surface area contributed by atoms with Crippen molar-refractivity contribution in [2.75, 3.05) is 25.1 Å². The summed E-state index contributed by atoms with van der Waals surface area (Å²) in [6, 6.07) is 16.3. The molecule has 2 amide bonds. The molecule has 1 aliphatic rings. The lowest BCUT2D eigenvalue weighted by Crippen LogP contribution is -2.31. The van der Waals surface area contributed by atoms with Crippen molar-refractivity contribution in [3.8, 4) is 5.75 Å². The Balaban J connectivity index is 1.52. The number of carbonyl (C=O) groups is 2. The van der Waals surface area contributed by atoms with Gasteiger partial charge >= 0.3 is 0 Å². The Labute approximate surface area is 152 Å². The molecule has 1 fully saturated rings. The number of amides is 2. The summed E-state index contributed by atoms with van der Waals surface area (Å²) >= 11 is 0. The van der Waals surface area contributed by atoms with E-state index in [-0.39, 0.29) is 11.8 Å². The minimum absolute atomic E-state index is 0.213. The fraction of sp³-hybridized carbons (Fsp3) is 0.300. The largest absolute Gasteiger partial charge is 0.492 e. The van der Waals surface area contributed by atoms with E-state index in [4.69, 9.17) is 9.47 Å². The predicted octanol–water partition coefficient (Wildman–Crippen LogP) is 2.61. The lowest BCUT2D eigenvalue weighted by Gasteiger charge is -2.14. The quantitative estimate of drug-likeness (QED) is 0.750. The first-order valence-electron chi connectivity index (χ1n) is 8.71. The minimum atomic E-state index is -0.439. The average Bonchev–Trinajstić information content (AvgIpc) is 3.21. The molecule has 3 rings (SSSR count). The van der Waals surface area contributed by atoms with Crippen molar-refractivity contribution >= 4 is 17.5 Å². The van der Waals surface area contributed by atoms with E-state index < -0.39 is 6.10 Å². The van der Waals surface area contributed by atoms with Gasteiger partial charge in [0.2, 0.25) is 0 Å². The molecule has 6 heteroatoms. The van der Waals surface area contributed by atoms with Crippen molar-refractivity contribution in [1.29, 1.82) is 0 Å². The van der Waals surface area contributed by atoms with E-state index in [1.54, 1.807) is 24.3 Å². The molecule has 0 saturated carbocycles. The molecule has 1 saturated heterocycles. The Bertz CT molecular complexity index is 742. The van der Waals surface area contributed by atoms with Crippen LogP contribution in [0.1, 0.15) is 23.2 Å². The summed E-state index contributed by atoms with van der Waals surface area (Å²) in [6.07, 6.45) is 1.14. The molecule has 2 aromatic rings. The van der Waals surface area contributed by atoms with Crippen molar-refractivity contribution < 1.29 is 19.1 Å². The van der Waals surface area contributed by atoms with Gasteiger partial charge in [0.25, 0.3) is 11.8 Å². The molecule has 0 aromatic heterocycles. The van der Waals surface area contributed by atoms with E-state index in [9.17, 15) is 9.59 Å². The Morgan fingerprint density at radius 3 is 2.62 bits per heavy atom. The van der Waals surface area contributed by atoms with Crippen LogP contribution in [0.5, 0.6) is 5.75 Å². The highest BCUT2D eigenvalue weighted by molar-refractivity contribution is 6.04. The van der Waals surface area contributed by atoms with E-state index >= 15 is 0 Å². The standard InChI is InChI=1S/C20H22N2O4/c23-19(21-12-14-25-15-7-2-1-3-8-15)16-9-4-5-10-17(16)22-20(24)18-11-6-13-26-18/h1-5,7-10,18H,6,11-14H2,(H,21,23)(H,22,24)/t18-/m1/s1.